The smallest absolute Gasteiger partial charge is 0.311 e. The van der Waals surface area contributed by atoms with E-state index in [0.29, 0.717) is 23.9 Å². The molecule has 1 N–H and O–H groups in total. The van der Waals surface area contributed by atoms with E-state index in [1.54, 1.807) is 17.2 Å². The van der Waals surface area contributed by atoms with Gasteiger partial charge in [0.15, 0.2) is 5.13 Å². The average Bonchev–Trinajstić information content (AvgIpc) is 2.86. The lowest BCUT2D eigenvalue weighted by Crippen LogP contribution is -2.58. The summed E-state index contributed by atoms with van der Waals surface area (Å²) in [6, 6.07) is -0.413. The van der Waals surface area contributed by atoms with E-state index in [-0.39, 0.29) is 30.7 Å². The highest BCUT2D eigenvalue weighted by Crippen LogP contribution is 2.25. The molecule has 1 aliphatic heterocycles. The van der Waals surface area contributed by atoms with Crippen LogP contribution in [0, 0.1) is 0 Å². The largest absolute Gasteiger partial charge is 0.466 e. The molecule has 1 fully saturated rings. The first kappa shape index (κ1) is 15.4. The van der Waals surface area contributed by atoms with Crippen LogP contribution in [0.5, 0.6) is 0 Å². The fourth-order valence-corrected chi connectivity index (χ4v) is 3.02. The molecule has 2 amide bonds. The number of hydrogen-bond donors (Lipinski definition) is 1. The number of carbonyl (C=O) groups is 3. The van der Waals surface area contributed by atoms with E-state index < -0.39 is 6.04 Å². The molecule has 1 atom stereocenters. The highest BCUT2D eigenvalue weighted by molar-refractivity contribution is 7.13. The number of nitrogens with zero attached hydrogens (tertiary/aromatic N) is 2. The van der Waals surface area contributed by atoms with Crippen molar-refractivity contribution in [2.75, 3.05) is 18.1 Å². The van der Waals surface area contributed by atoms with Crippen molar-refractivity contribution in [2.24, 2.45) is 0 Å². The number of carbonyl (C=O) groups excluding carboxylic acids is 3. The van der Waals surface area contributed by atoms with Crippen molar-refractivity contribution in [3.05, 3.63) is 11.1 Å². The zero-order chi connectivity index (χ0) is 15.4. The molecule has 0 spiro atoms. The Morgan fingerprint density at radius 1 is 1.52 bits per heavy atom. The number of hydrogen-bond acceptors (Lipinski definition) is 7. The van der Waals surface area contributed by atoms with Crippen molar-refractivity contribution >= 4 is 34.3 Å². The van der Waals surface area contributed by atoms with Crippen LogP contribution in [0.4, 0.5) is 5.13 Å². The molecular weight excluding hydrogens is 294 g/mol. The van der Waals surface area contributed by atoms with Gasteiger partial charge in [-0.1, -0.05) is 6.92 Å². The molecule has 7 nitrogen and oxygen atoms in total. The molecule has 1 aromatic rings. The van der Waals surface area contributed by atoms with Crippen LogP contribution in [0.15, 0.2) is 5.38 Å². The van der Waals surface area contributed by atoms with Crippen LogP contribution in [0.25, 0.3) is 0 Å². The molecule has 114 valence electrons. The summed E-state index contributed by atoms with van der Waals surface area (Å²) in [5.74, 6) is -0.989. The Labute approximate surface area is 126 Å². The summed E-state index contributed by atoms with van der Waals surface area (Å²) in [6.07, 6.45) is 0.668. The van der Waals surface area contributed by atoms with Crippen LogP contribution in [-0.4, -0.2) is 42.0 Å². The summed E-state index contributed by atoms with van der Waals surface area (Å²) in [6.45, 7) is 4.04. The van der Waals surface area contributed by atoms with Gasteiger partial charge in [0.05, 0.1) is 18.7 Å². The summed E-state index contributed by atoms with van der Waals surface area (Å²) in [5.41, 5.74) is 0.585. The molecule has 0 saturated carbocycles. The maximum atomic E-state index is 11.8. The molecule has 1 saturated heterocycles. The summed E-state index contributed by atoms with van der Waals surface area (Å²) in [4.78, 5) is 40.8. The number of anilines is 1. The van der Waals surface area contributed by atoms with E-state index in [4.69, 9.17) is 4.74 Å². The normalized spacial score (nSPS) is 18.6. The van der Waals surface area contributed by atoms with Gasteiger partial charge in [-0.3, -0.25) is 19.7 Å². The minimum atomic E-state index is -0.413. The van der Waals surface area contributed by atoms with Gasteiger partial charge in [-0.05, 0) is 13.3 Å². The third kappa shape index (κ3) is 3.57. The summed E-state index contributed by atoms with van der Waals surface area (Å²) in [7, 11) is 0. The van der Waals surface area contributed by atoms with Gasteiger partial charge in [-0.15, -0.1) is 11.3 Å². The summed E-state index contributed by atoms with van der Waals surface area (Å²) < 4.78 is 4.87. The first-order chi connectivity index (χ1) is 10.0. The van der Waals surface area contributed by atoms with Crippen LogP contribution < -0.4 is 10.2 Å². The number of piperazine rings is 1. The van der Waals surface area contributed by atoms with E-state index in [2.05, 4.69) is 10.3 Å². The number of nitrogens with one attached hydrogen (secondary N) is 1. The minimum Gasteiger partial charge on any atom is -0.466 e. The highest BCUT2D eigenvalue weighted by Gasteiger charge is 2.34. The van der Waals surface area contributed by atoms with Crippen molar-refractivity contribution in [3.63, 3.8) is 0 Å². The Morgan fingerprint density at radius 2 is 2.29 bits per heavy atom. The molecule has 21 heavy (non-hydrogen) atoms. The fraction of sp³-hybridized carbons (Fsp3) is 0.538. The van der Waals surface area contributed by atoms with Gasteiger partial charge in [0, 0.05) is 5.38 Å². The highest BCUT2D eigenvalue weighted by atomic mass is 32.1. The van der Waals surface area contributed by atoms with Crippen LogP contribution in [-0.2, 0) is 25.5 Å². The summed E-state index contributed by atoms with van der Waals surface area (Å²) >= 11 is 1.31. The second kappa shape index (κ2) is 6.66. The SMILES string of the molecule is CCOC(=O)Cc1csc(N2CC(=O)NC(=O)C2CC)n1. The van der Waals surface area contributed by atoms with E-state index in [9.17, 15) is 14.4 Å². The zero-order valence-corrected chi connectivity index (χ0v) is 12.7. The Balaban J connectivity index is 2.13. The lowest BCUT2D eigenvalue weighted by atomic mass is 10.1. The Bertz CT molecular complexity index is 557. The second-order valence-electron chi connectivity index (χ2n) is 4.57. The quantitative estimate of drug-likeness (QED) is 0.629. The Hall–Kier alpha value is -1.96. The molecule has 8 heteroatoms. The van der Waals surface area contributed by atoms with Gasteiger partial charge >= 0.3 is 5.97 Å². The molecule has 0 aliphatic carbocycles. The first-order valence-electron chi connectivity index (χ1n) is 6.75. The number of aromatic nitrogens is 1. The third-order valence-corrected chi connectivity index (χ3v) is 3.98. The van der Waals surface area contributed by atoms with Gasteiger partial charge < -0.3 is 9.64 Å². The monoisotopic (exact) mass is 311 g/mol. The van der Waals surface area contributed by atoms with Gasteiger partial charge in [-0.25, -0.2) is 4.98 Å². The third-order valence-electron chi connectivity index (χ3n) is 3.06. The lowest BCUT2D eigenvalue weighted by Gasteiger charge is -2.32. The van der Waals surface area contributed by atoms with E-state index >= 15 is 0 Å². The number of amides is 2. The zero-order valence-electron chi connectivity index (χ0n) is 11.9. The molecular formula is C13H17N3O4S. The Kier molecular flexibility index (Phi) is 4.89. The fourth-order valence-electron chi connectivity index (χ4n) is 2.14. The van der Waals surface area contributed by atoms with Crippen molar-refractivity contribution in [1.29, 1.82) is 0 Å². The second-order valence-corrected chi connectivity index (χ2v) is 5.40. The van der Waals surface area contributed by atoms with E-state index in [1.165, 1.54) is 11.3 Å². The minimum absolute atomic E-state index is 0.0924. The molecule has 0 aromatic carbocycles. The standard InChI is InChI=1S/C13H17N3O4S/c1-3-9-12(19)15-10(17)6-16(9)13-14-8(7-21-13)5-11(18)20-4-2/h7,9H,3-6H2,1-2H3,(H,15,17,19). The molecule has 1 unspecified atom stereocenters. The topological polar surface area (TPSA) is 88.6 Å². The Morgan fingerprint density at radius 3 is 2.95 bits per heavy atom. The molecule has 0 radical (unpaired) electrons. The van der Waals surface area contributed by atoms with Crippen LogP contribution >= 0.6 is 11.3 Å². The number of imide groups is 1. The van der Waals surface area contributed by atoms with Crippen molar-refractivity contribution in [1.82, 2.24) is 10.3 Å². The summed E-state index contributed by atoms with van der Waals surface area (Å²) in [5, 5.41) is 4.64. The van der Waals surface area contributed by atoms with Crippen molar-refractivity contribution in [2.45, 2.75) is 32.7 Å². The first-order valence-corrected chi connectivity index (χ1v) is 7.63. The molecule has 1 aliphatic rings. The van der Waals surface area contributed by atoms with Gasteiger partial charge in [0.2, 0.25) is 11.8 Å². The predicted octanol–water partition coefficient (Wildman–Crippen LogP) is 0.490. The van der Waals surface area contributed by atoms with Crippen LogP contribution in [0.3, 0.4) is 0 Å². The lowest BCUT2D eigenvalue weighted by molar-refractivity contribution is -0.142. The van der Waals surface area contributed by atoms with Gasteiger partial charge in [-0.2, -0.15) is 0 Å². The van der Waals surface area contributed by atoms with E-state index in [1.807, 2.05) is 6.92 Å². The van der Waals surface area contributed by atoms with Gasteiger partial charge in [0.1, 0.15) is 12.6 Å². The predicted molar refractivity (Wildman–Crippen MR) is 77.0 cm³/mol. The number of esters is 1. The van der Waals surface area contributed by atoms with E-state index in [0.717, 1.165) is 0 Å². The molecule has 1 aromatic heterocycles. The average molecular weight is 311 g/mol. The van der Waals surface area contributed by atoms with Gasteiger partial charge in [0.25, 0.3) is 0 Å². The van der Waals surface area contributed by atoms with Crippen LogP contribution in [0.1, 0.15) is 26.0 Å². The van der Waals surface area contributed by atoms with Crippen LogP contribution in [0.2, 0.25) is 0 Å². The van der Waals surface area contributed by atoms with Crippen molar-refractivity contribution < 1.29 is 19.1 Å². The molecule has 2 heterocycles. The molecule has 0 bridgehead atoms. The maximum absolute atomic E-state index is 11.8. The number of rotatable bonds is 5. The maximum Gasteiger partial charge on any atom is 0.311 e. The molecule has 2 rings (SSSR count). The van der Waals surface area contributed by atoms with Crippen molar-refractivity contribution in [3.8, 4) is 0 Å². The number of ether oxygens (including phenoxy) is 1. The number of thiazole rings is 1.